The summed E-state index contributed by atoms with van der Waals surface area (Å²) in [5, 5.41) is 4.43. The summed E-state index contributed by atoms with van der Waals surface area (Å²) in [5.41, 5.74) is -0.388. The molecule has 0 radical (unpaired) electrons. The van der Waals surface area contributed by atoms with Gasteiger partial charge < -0.3 is 9.17 Å². The first kappa shape index (κ1) is 20.0. The van der Waals surface area contributed by atoms with Crippen LogP contribution in [0.1, 0.15) is 18.5 Å². The largest absolute Gasteiger partial charge is 0.358 e. The van der Waals surface area contributed by atoms with Gasteiger partial charge in [-0.1, -0.05) is 11.6 Å². The molecule has 1 N–H and O–H groups in total. The Morgan fingerprint density at radius 1 is 1.17 bits per heavy atom. The lowest BCUT2D eigenvalue weighted by Gasteiger charge is -2.16. The molecule has 0 saturated carbocycles. The molecule has 3 aromatic heterocycles. The minimum absolute atomic E-state index is 0.122. The topological polar surface area (TPSA) is 124 Å². The Labute approximate surface area is 175 Å². The number of fused-ring (bicyclic) bond motifs is 2. The van der Waals surface area contributed by atoms with Crippen LogP contribution in [0.4, 0.5) is 0 Å². The summed E-state index contributed by atoms with van der Waals surface area (Å²) in [4.78, 5) is 33.2. The molecule has 0 aliphatic carbocycles. The van der Waals surface area contributed by atoms with E-state index in [1.54, 1.807) is 31.5 Å². The number of nitrogens with one attached hydrogen (secondary N) is 1. The Hall–Kier alpha value is -3.24. The van der Waals surface area contributed by atoms with Crippen LogP contribution >= 0.6 is 11.6 Å². The van der Waals surface area contributed by atoms with Crippen molar-refractivity contribution in [2.75, 3.05) is 6.26 Å². The number of benzene rings is 1. The van der Waals surface area contributed by atoms with E-state index in [4.69, 9.17) is 15.8 Å². The highest BCUT2D eigenvalue weighted by atomic mass is 35.5. The lowest BCUT2D eigenvalue weighted by atomic mass is 10.1. The number of nitrogens with zero attached hydrogens (tertiary/aromatic N) is 3. The van der Waals surface area contributed by atoms with Crippen molar-refractivity contribution < 1.29 is 12.6 Å². The molecule has 0 bridgehead atoms. The molecule has 1 aromatic carbocycles. The van der Waals surface area contributed by atoms with E-state index in [0.29, 0.717) is 16.1 Å². The van der Waals surface area contributed by atoms with E-state index >= 15 is 0 Å². The molecule has 1 atom stereocenters. The normalized spacial score (nSPS) is 12.9. The number of hydrogen-bond donors (Lipinski definition) is 1. The van der Waals surface area contributed by atoms with Crippen LogP contribution in [0.25, 0.3) is 21.8 Å². The van der Waals surface area contributed by atoms with Crippen molar-refractivity contribution in [3.63, 3.8) is 0 Å². The lowest BCUT2D eigenvalue weighted by molar-refractivity contribution is 0.451. The Morgan fingerprint density at radius 2 is 1.87 bits per heavy atom. The second-order valence-electron chi connectivity index (χ2n) is 6.69. The number of halogens is 1. The van der Waals surface area contributed by atoms with E-state index in [1.807, 2.05) is 0 Å². The maximum Gasteiger partial charge on any atom is 0.307 e. The van der Waals surface area contributed by atoms with Gasteiger partial charge in [-0.05, 0) is 42.8 Å². The number of rotatable bonds is 4. The van der Waals surface area contributed by atoms with Crippen molar-refractivity contribution in [3.8, 4) is 5.88 Å². The van der Waals surface area contributed by atoms with Crippen molar-refractivity contribution >= 4 is 43.5 Å². The van der Waals surface area contributed by atoms with Crippen LogP contribution in [0.15, 0.2) is 52.3 Å². The summed E-state index contributed by atoms with van der Waals surface area (Å²) < 4.78 is 29.7. The van der Waals surface area contributed by atoms with Gasteiger partial charge >= 0.3 is 10.1 Å². The van der Waals surface area contributed by atoms with Gasteiger partial charge in [-0.3, -0.25) is 14.6 Å². The maximum absolute atomic E-state index is 13.2. The fraction of sp³-hybridized carbons (Fsp3) is 0.158. The molecule has 0 aliphatic rings. The monoisotopic (exact) mass is 446 g/mol. The SMILES string of the molecule is CC(c1ccncc1)n1nc(OS(C)(=O)=O)c2[nH]c3cc(Cl)ccc3c(=O)c2c1=O. The van der Waals surface area contributed by atoms with Gasteiger partial charge in [-0.25, -0.2) is 4.68 Å². The van der Waals surface area contributed by atoms with E-state index in [0.717, 1.165) is 10.9 Å². The zero-order chi connectivity index (χ0) is 21.6. The predicted molar refractivity (Wildman–Crippen MR) is 113 cm³/mol. The third-order valence-corrected chi connectivity index (χ3v) is 5.28. The Balaban J connectivity index is 2.12. The molecule has 9 nitrogen and oxygen atoms in total. The summed E-state index contributed by atoms with van der Waals surface area (Å²) in [6, 6.07) is 7.26. The molecule has 0 fully saturated rings. The van der Waals surface area contributed by atoms with Crippen molar-refractivity contribution in [2.24, 2.45) is 0 Å². The first-order valence-electron chi connectivity index (χ1n) is 8.73. The first-order chi connectivity index (χ1) is 14.2. The van der Waals surface area contributed by atoms with Crippen LogP contribution in [-0.2, 0) is 10.1 Å². The van der Waals surface area contributed by atoms with Crippen molar-refractivity contribution in [3.05, 3.63) is 73.9 Å². The Morgan fingerprint density at radius 3 is 2.53 bits per heavy atom. The zero-order valence-electron chi connectivity index (χ0n) is 15.8. The summed E-state index contributed by atoms with van der Waals surface area (Å²) in [6.45, 7) is 1.69. The minimum atomic E-state index is -4.00. The molecule has 154 valence electrons. The van der Waals surface area contributed by atoms with Gasteiger partial charge in [0.2, 0.25) is 5.43 Å². The molecule has 30 heavy (non-hydrogen) atoms. The van der Waals surface area contributed by atoms with Crippen molar-refractivity contribution in [1.82, 2.24) is 19.7 Å². The van der Waals surface area contributed by atoms with Crippen LogP contribution < -0.4 is 15.2 Å². The highest BCUT2D eigenvalue weighted by Crippen LogP contribution is 2.24. The van der Waals surface area contributed by atoms with Crippen LogP contribution in [0, 0.1) is 0 Å². The van der Waals surface area contributed by atoms with Gasteiger partial charge in [0.05, 0.1) is 17.8 Å². The predicted octanol–water partition coefficient (Wildman–Crippen LogP) is 2.23. The fourth-order valence-corrected chi connectivity index (χ4v) is 3.76. The highest BCUT2D eigenvalue weighted by molar-refractivity contribution is 7.86. The lowest BCUT2D eigenvalue weighted by Crippen LogP contribution is -2.31. The summed E-state index contributed by atoms with van der Waals surface area (Å²) in [7, 11) is -4.00. The fourth-order valence-electron chi connectivity index (χ4n) is 3.18. The van der Waals surface area contributed by atoms with Gasteiger partial charge in [0.1, 0.15) is 10.9 Å². The smallest absolute Gasteiger partial charge is 0.307 e. The van der Waals surface area contributed by atoms with E-state index < -0.39 is 33.0 Å². The molecule has 3 heterocycles. The Kier molecular flexibility index (Phi) is 4.83. The highest BCUT2D eigenvalue weighted by Gasteiger charge is 2.23. The molecule has 1 unspecified atom stereocenters. The van der Waals surface area contributed by atoms with Gasteiger partial charge in [0.15, 0.2) is 0 Å². The molecule has 0 saturated heterocycles. The molecule has 0 amide bonds. The summed E-state index contributed by atoms with van der Waals surface area (Å²) in [6.07, 6.45) is 3.95. The quantitative estimate of drug-likeness (QED) is 0.376. The van der Waals surface area contributed by atoms with Crippen LogP contribution in [0.5, 0.6) is 5.88 Å². The molecular formula is C19H15ClN4O5S. The van der Waals surface area contributed by atoms with Crippen LogP contribution in [-0.4, -0.2) is 34.4 Å². The summed E-state index contributed by atoms with van der Waals surface area (Å²) >= 11 is 6.00. The number of aromatic nitrogens is 4. The first-order valence-corrected chi connectivity index (χ1v) is 10.9. The molecule has 4 aromatic rings. The maximum atomic E-state index is 13.2. The summed E-state index contributed by atoms with van der Waals surface area (Å²) in [5.74, 6) is -0.410. The number of hydrogen-bond acceptors (Lipinski definition) is 7. The van der Waals surface area contributed by atoms with Crippen molar-refractivity contribution in [1.29, 1.82) is 0 Å². The van der Waals surface area contributed by atoms with E-state index in [1.165, 1.54) is 18.2 Å². The third-order valence-electron chi connectivity index (χ3n) is 4.58. The van der Waals surface area contributed by atoms with E-state index in [9.17, 15) is 18.0 Å². The average Bonchev–Trinajstić information content (AvgIpc) is 2.69. The molecule has 0 aliphatic heterocycles. The van der Waals surface area contributed by atoms with Crippen LogP contribution in [0.2, 0.25) is 5.02 Å². The van der Waals surface area contributed by atoms with Gasteiger partial charge in [0, 0.05) is 22.8 Å². The zero-order valence-corrected chi connectivity index (χ0v) is 17.4. The van der Waals surface area contributed by atoms with Gasteiger partial charge in [-0.2, -0.15) is 8.42 Å². The molecule has 11 heteroatoms. The minimum Gasteiger partial charge on any atom is -0.358 e. The van der Waals surface area contributed by atoms with E-state index in [2.05, 4.69) is 15.1 Å². The average molecular weight is 447 g/mol. The number of aromatic amines is 1. The van der Waals surface area contributed by atoms with Crippen LogP contribution in [0.3, 0.4) is 0 Å². The molecule has 0 spiro atoms. The number of pyridine rings is 2. The third kappa shape index (κ3) is 3.55. The standard InChI is InChI=1S/C19H15ClN4O5S/c1-10(11-5-7-21-8-6-11)24-19(26)15-16(18(23-24)29-30(2,27)28)22-14-9-12(20)3-4-13(14)17(15)25/h3-10H,1-2H3,(H,22,25). The van der Waals surface area contributed by atoms with Gasteiger partial charge in [0.25, 0.3) is 11.4 Å². The number of H-pyrrole nitrogens is 1. The van der Waals surface area contributed by atoms with Crippen molar-refractivity contribution in [2.45, 2.75) is 13.0 Å². The van der Waals surface area contributed by atoms with Gasteiger partial charge in [-0.15, -0.1) is 5.10 Å². The second-order valence-corrected chi connectivity index (χ2v) is 8.70. The Bertz CT molecular complexity index is 1510. The molecular weight excluding hydrogens is 432 g/mol. The molecule has 4 rings (SSSR count). The second kappa shape index (κ2) is 7.22. The van der Waals surface area contributed by atoms with E-state index in [-0.39, 0.29) is 16.3 Å².